The second-order valence-electron chi connectivity index (χ2n) is 12.8. The summed E-state index contributed by atoms with van der Waals surface area (Å²) in [7, 11) is 1.42. The molecule has 2 aliphatic heterocycles. The van der Waals surface area contributed by atoms with Crippen molar-refractivity contribution in [2.45, 2.75) is 51.1 Å². The van der Waals surface area contributed by atoms with Crippen molar-refractivity contribution in [2.24, 2.45) is 17.8 Å². The molecule has 232 valence electrons. The fourth-order valence-corrected chi connectivity index (χ4v) is 8.44. The van der Waals surface area contributed by atoms with Crippen molar-refractivity contribution in [3.05, 3.63) is 93.1 Å². The van der Waals surface area contributed by atoms with E-state index in [-0.39, 0.29) is 52.4 Å². The van der Waals surface area contributed by atoms with E-state index in [1.807, 2.05) is 24.3 Å². The van der Waals surface area contributed by atoms with Gasteiger partial charge in [-0.05, 0) is 67.9 Å². The average molecular weight is 627 g/mol. The van der Waals surface area contributed by atoms with Crippen LogP contribution in [0.2, 0.25) is 5.02 Å². The number of benzene rings is 2. The van der Waals surface area contributed by atoms with E-state index in [9.17, 15) is 24.3 Å². The molecule has 0 spiro atoms. The minimum absolute atomic E-state index is 0.0571. The quantitative estimate of drug-likeness (QED) is 0.278. The molecule has 9 heteroatoms. The van der Waals surface area contributed by atoms with E-state index in [1.54, 1.807) is 19.1 Å². The van der Waals surface area contributed by atoms with Crippen LogP contribution in [0.3, 0.4) is 0 Å². The Morgan fingerprint density at radius 1 is 1.00 bits per heavy atom. The molecule has 0 aromatic heterocycles. The molecule has 2 fully saturated rings. The van der Waals surface area contributed by atoms with Crippen molar-refractivity contribution < 1.29 is 29.0 Å². The van der Waals surface area contributed by atoms with Gasteiger partial charge in [-0.3, -0.25) is 29.0 Å². The Hall–Kier alpha value is -4.01. The molecule has 2 amide bonds. The van der Waals surface area contributed by atoms with Crippen LogP contribution < -0.4 is 4.74 Å². The smallest absolute Gasteiger partial charge is 0.233 e. The summed E-state index contributed by atoms with van der Waals surface area (Å²) in [5.74, 6) is -3.04. The van der Waals surface area contributed by atoms with Crippen molar-refractivity contribution in [2.75, 3.05) is 20.2 Å². The number of hydrogen-bond acceptors (Lipinski definition) is 7. The molecule has 2 saturated heterocycles. The van der Waals surface area contributed by atoms with Gasteiger partial charge in [0, 0.05) is 48.3 Å². The van der Waals surface area contributed by atoms with Crippen LogP contribution >= 0.6 is 11.6 Å². The SMILES string of the molecule is COc1cc([C@H]2C3=CC[C@@H]4C(=O)N(C5CCN(Cc6ccccc6)CC5)C(=O)[C@@H]4[C@@H]3CC3=C2C(=O)C(C)=CC3=O)cc(Cl)c1O. The topological polar surface area (TPSA) is 104 Å². The van der Waals surface area contributed by atoms with Gasteiger partial charge >= 0.3 is 0 Å². The number of nitrogens with zero attached hydrogens (tertiary/aromatic N) is 2. The van der Waals surface area contributed by atoms with Crippen LogP contribution in [0.4, 0.5) is 0 Å². The molecule has 3 aliphatic carbocycles. The summed E-state index contributed by atoms with van der Waals surface area (Å²) in [5, 5.41) is 10.5. The molecule has 2 aromatic carbocycles. The minimum atomic E-state index is -0.662. The standard InChI is InChI=1S/C36H35ClN2O6/c1-19-14-28(40)26-17-25-23(30(32(26)33(19)41)21-15-27(37)34(42)29(16-21)45-2)8-9-24-31(25)36(44)39(35(24)43)22-10-12-38(13-11-22)18-20-6-4-3-5-7-20/h3-8,14-16,22,24-25,30-31,42H,9-13,17-18H2,1-2H3/t24-,25+,30-,31-/m0/s1. The number of piperidine rings is 1. The molecule has 8 nitrogen and oxygen atoms in total. The zero-order valence-electron chi connectivity index (χ0n) is 25.3. The lowest BCUT2D eigenvalue weighted by molar-refractivity contribution is -0.144. The van der Waals surface area contributed by atoms with Gasteiger partial charge in [0.2, 0.25) is 11.8 Å². The number of amides is 2. The number of methoxy groups -OCH3 is 1. The van der Waals surface area contributed by atoms with E-state index in [1.165, 1.54) is 23.6 Å². The third kappa shape index (κ3) is 4.86. The van der Waals surface area contributed by atoms with Crippen molar-refractivity contribution in [3.8, 4) is 11.5 Å². The maximum atomic E-state index is 14.3. The molecular formula is C36H35ClN2O6. The summed E-state index contributed by atoms with van der Waals surface area (Å²) in [5.41, 5.74) is 3.79. The van der Waals surface area contributed by atoms with Gasteiger partial charge in [0.25, 0.3) is 0 Å². The molecule has 5 aliphatic rings. The number of phenols is 1. The number of Topliss-reactive ketones (excluding diaryl/α,β-unsaturated/α-hetero) is 1. The summed E-state index contributed by atoms with van der Waals surface area (Å²) in [6.07, 6.45) is 5.40. The predicted molar refractivity (Wildman–Crippen MR) is 168 cm³/mol. The number of carbonyl (C=O) groups is 4. The van der Waals surface area contributed by atoms with Gasteiger partial charge in [0.05, 0.1) is 24.0 Å². The second-order valence-corrected chi connectivity index (χ2v) is 13.2. The van der Waals surface area contributed by atoms with Crippen LogP contribution in [-0.4, -0.2) is 64.5 Å². The van der Waals surface area contributed by atoms with Crippen molar-refractivity contribution >= 4 is 35.0 Å². The number of ether oxygens (including phenoxy) is 1. The van der Waals surface area contributed by atoms with Crippen molar-refractivity contribution in [1.29, 1.82) is 0 Å². The number of imide groups is 1. The number of aromatic hydroxyl groups is 1. The van der Waals surface area contributed by atoms with Crippen LogP contribution in [0.25, 0.3) is 0 Å². The highest BCUT2D eigenvalue weighted by Crippen LogP contribution is 2.56. The summed E-state index contributed by atoms with van der Waals surface area (Å²) in [6, 6.07) is 13.3. The van der Waals surface area contributed by atoms with Gasteiger partial charge in [0.1, 0.15) is 0 Å². The highest BCUT2D eigenvalue weighted by molar-refractivity contribution is 6.32. The normalized spacial score (nSPS) is 27.2. The van der Waals surface area contributed by atoms with Crippen LogP contribution in [-0.2, 0) is 25.7 Å². The first-order valence-electron chi connectivity index (χ1n) is 15.6. The van der Waals surface area contributed by atoms with Gasteiger partial charge in [-0.25, -0.2) is 0 Å². The van der Waals surface area contributed by atoms with Gasteiger partial charge < -0.3 is 9.84 Å². The van der Waals surface area contributed by atoms with Crippen LogP contribution in [0.15, 0.2) is 76.9 Å². The fourth-order valence-electron chi connectivity index (χ4n) is 8.22. The highest BCUT2D eigenvalue weighted by Gasteiger charge is 2.57. The molecule has 45 heavy (non-hydrogen) atoms. The van der Waals surface area contributed by atoms with Crippen LogP contribution in [0, 0.1) is 17.8 Å². The minimum Gasteiger partial charge on any atom is -0.503 e. The number of likely N-dealkylation sites (tertiary alicyclic amines) is 2. The maximum absolute atomic E-state index is 14.3. The Bertz CT molecular complexity index is 1720. The lowest BCUT2D eigenvalue weighted by atomic mass is 9.59. The monoisotopic (exact) mass is 626 g/mol. The molecule has 2 heterocycles. The van der Waals surface area contributed by atoms with E-state index in [2.05, 4.69) is 17.0 Å². The first-order chi connectivity index (χ1) is 21.7. The number of rotatable bonds is 5. The van der Waals surface area contributed by atoms with E-state index < -0.39 is 23.7 Å². The summed E-state index contributed by atoms with van der Waals surface area (Å²) in [4.78, 5) is 59.2. The number of hydrogen-bond donors (Lipinski definition) is 1. The van der Waals surface area contributed by atoms with Crippen LogP contribution in [0.1, 0.15) is 49.7 Å². The van der Waals surface area contributed by atoms with Crippen LogP contribution in [0.5, 0.6) is 11.5 Å². The van der Waals surface area contributed by atoms with E-state index in [0.29, 0.717) is 28.7 Å². The molecule has 1 N–H and O–H groups in total. The third-order valence-corrected chi connectivity index (χ3v) is 10.7. The Labute approximate surface area is 267 Å². The lowest BCUT2D eigenvalue weighted by Crippen LogP contribution is -2.47. The summed E-state index contributed by atoms with van der Waals surface area (Å²) >= 11 is 6.42. The largest absolute Gasteiger partial charge is 0.503 e. The molecule has 0 saturated carbocycles. The first-order valence-corrected chi connectivity index (χ1v) is 16.0. The maximum Gasteiger partial charge on any atom is 0.233 e. The van der Waals surface area contributed by atoms with Gasteiger partial charge in [-0.15, -0.1) is 0 Å². The van der Waals surface area contributed by atoms with E-state index in [0.717, 1.165) is 38.0 Å². The molecule has 0 radical (unpaired) electrons. The molecule has 2 aromatic rings. The Morgan fingerprint density at radius 3 is 2.44 bits per heavy atom. The van der Waals surface area contributed by atoms with Gasteiger partial charge in [0.15, 0.2) is 23.1 Å². The number of allylic oxidation sites excluding steroid dienone is 6. The second kappa shape index (κ2) is 11.4. The van der Waals surface area contributed by atoms with Crippen molar-refractivity contribution in [1.82, 2.24) is 9.80 Å². The number of fused-ring (bicyclic) bond motifs is 3. The third-order valence-electron chi connectivity index (χ3n) is 10.4. The van der Waals surface area contributed by atoms with Gasteiger partial charge in [-0.1, -0.05) is 53.6 Å². The summed E-state index contributed by atoms with van der Waals surface area (Å²) < 4.78 is 5.38. The Kier molecular flexibility index (Phi) is 7.53. The fraction of sp³-hybridized carbons (Fsp3) is 0.389. The number of phenolic OH excluding ortho intramolecular Hbond substituents is 1. The van der Waals surface area contributed by atoms with Gasteiger partial charge in [-0.2, -0.15) is 0 Å². The Balaban J connectivity index is 1.21. The highest BCUT2D eigenvalue weighted by atomic mass is 35.5. The molecular weight excluding hydrogens is 592 g/mol. The predicted octanol–water partition coefficient (Wildman–Crippen LogP) is 5.15. The number of ketones is 2. The van der Waals surface area contributed by atoms with E-state index >= 15 is 0 Å². The number of halogens is 1. The molecule has 4 atom stereocenters. The average Bonchev–Trinajstić information content (AvgIpc) is 3.30. The zero-order valence-corrected chi connectivity index (χ0v) is 26.0. The number of carbonyl (C=O) groups excluding carboxylic acids is 4. The molecule has 0 bridgehead atoms. The Morgan fingerprint density at radius 2 is 1.73 bits per heavy atom. The molecule has 7 rings (SSSR count). The first kappa shape index (κ1) is 29.7. The van der Waals surface area contributed by atoms with E-state index in [4.69, 9.17) is 16.3 Å². The summed E-state index contributed by atoms with van der Waals surface area (Å²) in [6.45, 7) is 4.05. The zero-order chi connectivity index (χ0) is 31.6. The van der Waals surface area contributed by atoms with Crippen molar-refractivity contribution in [3.63, 3.8) is 0 Å². The molecule has 0 unspecified atom stereocenters. The lowest BCUT2D eigenvalue weighted by Gasteiger charge is -2.42.